The second-order valence-electron chi connectivity index (χ2n) is 31.5. The lowest BCUT2D eigenvalue weighted by Gasteiger charge is -2.33. The number of aromatic nitrogens is 2. The first-order chi connectivity index (χ1) is 56.2. The molecule has 584 valence electrons. The van der Waals surface area contributed by atoms with Crippen molar-refractivity contribution in [3.63, 3.8) is 0 Å². The lowest BCUT2D eigenvalue weighted by molar-refractivity contribution is 0.263. The average molecular weight is 1530 g/mol. The van der Waals surface area contributed by atoms with E-state index < -0.39 is 0 Å². The summed E-state index contributed by atoms with van der Waals surface area (Å²) in [6.45, 7) is 30.5. The Morgan fingerprint density at radius 1 is 0.293 bits per heavy atom. The van der Waals surface area contributed by atoms with Crippen molar-refractivity contribution < 1.29 is 17.7 Å². The molecule has 5 aliphatic heterocycles. The van der Waals surface area contributed by atoms with E-state index >= 15 is 0 Å². The van der Waals surface area contributed by atoms with Crippen LogP contribution in [0.1, 0.15) is 87.4 Å². The minimum absolute atomic E-state index is 0.0969. The highest BCUT2D eigenvalue weighted by Gasteiger charge is 2.39. The smallest absolute Gasteiger partial charge is 0.178 e. The molecule has 16 nitrogen and oxygen atoms in total. The Kier molecular flexibility index (Phi) is 20.1. The van der Waals surface area contributed by atoms with E-state index in [-0.39, 0.29) is 18.5 Å². The fourth-order valence-corrected chi connectivity index (χ4v) is 17.3. The van der Waals surface area contributed by atoms with Crippen LogP contribution >= 0.6 is 0 Å². The van der Waals surface area contributed by atoms with Gasteiger partial charge in [-0.1, -0.05) is 164 Å². The molecule has 0 saturated carbocycles. The van der Waals surface area contributed by atoms with E-state index in [1.807, 2.05) is 54.6 Å². The number of para-hydroxylation sites is 6. The second kappa shape index (κ2) is 30.9. The summed E-state index contributed by atoms with van der Waals surface area (Å²) in [5.74, 6) is 1.81. The normalized spacial score (nSPS) is 17.5. The predicted octanol–water partition coefficient (Wildman–Crippen LogP) is 25.2. The summed E-state index contributed by atoms with van der Waals surface area (Å²) in [5.41, 5.74) is 24.5. The monoisotopic (exact) mass is 1530 g/mol. The van der Waals surface area contributed by atoms with Crippen molar-refractivity contribution in [1.29, 1.82) is 0 Å². The Labute approximate surface area is 679 Å². The van der Waals surface area contributed by atoms with Crippen LogP contribution < -0.4 is 34.3 Å². The van der Waals surface area contributed by atoms with Crippen molar-refractivity contribution in [1.82, 2.24) is 24.7 Å². The molecule has 16 aromatic rings. The molecule has 0 fully saturated rings. The largest absolute Gasteiger partial charge is 0.454 e. The molecule has 5 aromatic heterocycles. The van der Waals surface area contributed by atoms with Crippen LogP contribution in [-0.4, -0.2) is 75.6 Å². The summed E-state index contributed by atoms with van der Waals surface area (Å²) in [5, 5.41) is 9.42. The maximum atomic E-state index is 6.27. The quantitative estimate of drug-likeness (QED) is 0.144. The van der Waals surface area contributed by atoms with E-state index in [1.165, 1.54) is 99.1 Å². The van der Waals surface area contributed by atoms with Gasteiger partial charge in [-0.25, -0.2) is 9.97 Å². The van der Waals surface area contributed by atoms with Crippen LogP contribution in [0.25, 0.3) is 87.8 Å². The first kappa shape index (κ1) is 75.4. The van der Waals surface area contributed by atoms with E-state index in [0.29, 0.717) is 18.4 Å². The van der Waals surface area contributed by atoms with Gasteiger partial charge in [-0.15, -0.1) is 0 Å². The highest BCUT2D eigenvalue weighted by molar-refractivity contribution is 6.13. The fourth-order valence-electron chi connectivity index (χ4n) is 17.3. The number of rotatable bonds is 8. The van der Waals surface area contributed by atoms with Gasteiger partial charge >= 0.3 is 0 Å². The number of fused-ring (bicyclic) bond motifs is 13. The third-order valence-corrected chi connectivity index (χ3v) is 23.6. The van der Waals surface area contributed by atoms with Gasteiger partial charge in [-0.3, -0.25) is 0 Å². The summed E-state index contributed by atoms with van der Waals surface area (Å²) in [7, 11) is 4.19. The van der Waals surface area contributed by atoms with E-state index in [2.05, 4.69) is 383 Å². The molecule has 10 heterocycles. The summed E-state index contributed by atoms with van der Waals surface area (Å²) < 4.78 is 24.8. The highest BCUT2D eigenvalue weighted by Crippen LogP contribution is 2.48. The third kappa shape index (κ3) is 13.4. The van der Waals surface area contributed by atoms with Gasteiger partial charge < -0.3 is 66.7 Å². The summed E-state index contributed by atoms with van der Waals surface area (Å²) in [6.07, 6.45) is 21.8. The molecule has 0 bridgehead atoms. The van der Waals surface area contributed by atoms with Crippen molar-refractivity contribution in [2.24, 2.45) is 0 Å². The van der Waals surface area contributed by atoms with Crippen LogP contribution in [0.3, 0.4) is 0 Å². The molecule has 0 spiro atoms. The Bertz CT molecular complexity index is 6340. The maximum absolute atomic E-state index is 6.27. The number of aryl methyl sites for hydroxylation is 7. The maximum Gasteiger partial charge on any atom is 0.178 e. The Balaban J connectivity index is 0.000000105. The van der Waals surface area contributed by atoms with E-state index in [4.69, 9.17) is 17.7 Å². The van der Waals surface area contributed by atoms with Gasteiger partial charge in [0.25, 0.3) is 0 Å². The van der Waals surface area contributed by atoms with Gasteiger partial charge in [0.2, 0.25) is 0 Å². The van der Waals surface area contributed by atoms with Crippen LogP contribution in [0.2, 0.25) is 0 Å². The van der Waals surface area contributed by atoms with Gasteiger partial charge in [0.1, 0.15) is 53.2 Å². The van der Waals surface area contributed by atoms with Gasteiger partial charge in [-0.05, 0) is 190 Å². The SMILES string of the molecule is Cc1cc(C)cc(N2c3nccnc3N(c3ccccc3C)[C@@H]2C)c1.Cc1ccc2c(oc3ccccc32)c1N1C=CN(C(C)C)[C@H]1C.Cc1ccc2c(oc3ccccc32)c1N1C=CN(C)[C@H]1C.Cc1ccc2c(oc3ccccc32)c1N1C=CN(C)[C@H]1C.Cc1ccc2c(oc3ccccc32)c1N1C=CN(c2ccccc2)[C@H]1C. The van der Waals surface area contributed by atoms with Crippen LogP contribution in [0, 0.1) is 48.5 Å². The van der Waals surface area contributed by atoms with Crippen molar-refractivity contribution in [3.05, 3.63) is 319 Å². The highest BCUT2D eigenvalue weighted by atomic mass is 16.3. The number of benzene rings is 11. The van der Waals surface area contributed by atoms with Crippen LogP contribution in [0.5, 0.6) is 0 Å². The van der Waals surface area contributed by atoms with E-state index in [0.717, 1.165) is 79.0 Å². The standard InChI is InChI=1S/C23H20N2O.C21H22N4.C20H22N2O.2C18H18N2O/c1-16-12-13-20-19-10-6-7-11-21(19)26-23(20)22(16)25-15-14-24(17(25)2)18-8-4-3-5-9-18;1-14-11-15(2)13-18(12-14)24-17(4)25(19-8-6-5-7-16(19)3)21-20(24)22-9-10-23-21;1-13(2)21-11-12-22(15(21)4)19-14(3)9-10-17-16-7-5-6-8-18(16)23-20(17)19;2*1-12-8-9-15-14-6-4-5-7-16(14)21-18(15)17(12)20-11-10-19(3)13(20)2/h3-15,17H,1-2H3;5-13,17H,1-4H3;5-13,15H,1-4H3;2*4-11,13H,1-3H3/t2*17-;15-;2*13-/m11111/s1. The Morgan fingerprint density at radius 3 is 1.03 bits per heavy atom. The first-order valence-corrected chi connectivity index (χ1v) is 40.3. The lowest BCUT2D eigenvalue weighted by Crippen LogP contribution is -2.39. The van der Waals surface area contributed by atoms with Gasteiger partial charge in [0, 0.05) is 142 Å². The molecule has 21 rings (SSSR count). The van der Waals surface area contributed by atoms with Gasteiger partial charge in [0.15, 0.2) is 34.0 Å². The molecular formula is C100H100N12O4. The molecule has 11 aromatic carbocycles. The van der Waals surface area contributed by atoms with Crippen molar-refractivity contribution in [2.75, 3.05) is 48.4 Å². The molecule has 0 saturated heterocycles. The number of hydrogen-bond donors (Lipinski definition) is 0. The molecule has 5 atom stereocenters. The average Bonchev–Trinajstić information content (AvgIpc) is 1.61. The second-order valence-corrected chi connectivity index (χ2v) is 31.5. The number of hydrogen-bond acceptors (Lipinski definition) is 16. The minimum Gasteiger partial charge on any atom is -0.454 e. The zero-order valence-corrected chi connectivity index (χ0v) is 69.0. The summed E-state index contributed by atoms with van der Waals surface area (Å²) in [4.78, 5) is 32.1. The molecule has 0 N–H and O–H groups in total. The Hall–Kier alpha value is -13.3. The number of furan rings is 4. The molecule has 5 aliphatic rings. The van der Waals surface area contributed by atoms with Crippen LogP contribution in [0.4, 0.5) is 51.4 Å². The van der Waals surface area contributed by atoms with Gasteiger partial charge in [-0.2, -0.15) is 0 Å². The topological polar surface area (TPSA) is 111 Å². The molecular weight excluding hydrogens is 1430 g/mol. The zero-order chi connectivity index (χ0) is 80.5. The molecule has 0 aliphatic carbocycles. The first-order valence-electron chi connectivity index (χ1n) is 40.3. The van der Waals surface area contributed by atoms with E-state index in [9.17, 15) is 0 Å². The predicted molar refractivity (Wildman–Crippen MR) is 482 cm³/mol. The minimum atomic E-state index is 0.0969. The number of anilines is 9. The van der Waals surface area contributed by atoms with E-state index in [1.54, 1.807) is 12.4 Å². The molecule has 16 heteroatoms. The Morgan fingerprint density at radius 2 is 0.638 bits per heavy atom. The van der Waals surface area contributed by atoms with Crippen molar-refractivity contribution in [3.8, 4) is 0 Å². The molecule has 0 radical (unpaired) electrons. The van der Waals surface area contributed by atoms with Crippen molar-refractivity contribution in [2.45, 2.75) is 134 Å². The summed E-state index contributed by atoms with van der Waals surface area (Å²) in [6, 6.07) is 76.3. The molecule has 116 heavy (non-hydrogen) atoms. The summed E-state index contributed by atoms with van der Waals surface area (Å²) >= 11 is 0. The van der Waals surface area contributed by atoms with Crippen LogP contribution in [-0.2, 0) is 0 Å². The molecule has 0 amide bonds. The third-order valence-electron chi connectivity index (χ3n) is 23.6. The van der Waals surface area contributed by atoms with Gasteiger partial charge in [0.05, 0.1) is 22.7 Å². The zero-order valence-electron chi connectivity index (χ0n) is 69.0. The van der Waals surface area contributed by atoms with Crippen molar-refractivity contribution >= 4 is 139 Å². The number of nitrogens with zero attached hydrogens (tertiary/aromatic N) is 12. The fraction of sp³-hybridized carbons (Fsp3) is 0.220. The lowest BCUT2D eigenvalue weighted by atomic mass is 10.1. The van der Waals surface area contributed by atoms with Crippen LogP contribution in [0.15, 0.2) is 298 Å². The molecule has 0 unspecified atom stereocenters.